The average Bonchev–Trinajstić information content (AvgIpc) is 2.63. The van der Waals surface area contributed by atoms with Gasteiger partial charge in [-0.25, -0.2) is 4.98 Å². The highest BCUT2D eigenvalue weighted by Gasteiger charge is 2.08. The zero-order valence-corrected chi connectivity index (χ0v) is 10.2. The second kappa shape index (κ2) is 4.77. The van der Waals surface area contributed by atoms with Crippen molar-refractivity contribution in [3.05, 3.63) is 35.0 Å². The Morgan fingerprint density at radius 1 is 1.40 bits per heavy atom. The van der Waals surface area contributed by atoms with Crippen LogP contribution in [0.3, 0.4) is 0 Å². The summed E-state index contributed by atoms with van der Waals surface area (Å²) < 4.78 is 0. The van der Waals surface area contributed by atoms with Crippen LogP contribution in [0.4, 0.5) is 0 Å². The van der Waals surface area contributed by atoms with Crippen molar-refractivity contribution in [2.24, 2.45) is 0 Å². The highest BCUT2D eigenvalue weighted by molar-refractivity contribution is 7.80. The summed E-state index contributed by atoms with van der Waals surface area (Å²) >= 11 is 5.95. The Kier molecular flexibility index (Phi) is 3.38. The highest BCUT2D eigenvalue weighted by atomic mass is 32.1. The molecule has 2 rings (SSSR count). The molecule has 2 aromatic heterocycles. The summed E-state index contributed by atoms with van der Waals surface area (Å²) in [6, 6.07) is 5.89. The Labute approximate surface area is 98.8 Å². The van der Waals surface area contributed by atoms with Crippen LogP contribution < -0.4 is 0 Å². The number of thiazole rings is 1. The number of pyridine rings is 1. The van der Waals surface area contributed by atoms with E-state index in [1.807, 2.05) is 25.1 Å². The number of hydrogen-bond acceptors (Lipinski definition) is 4. The molecule has 0 aliphatic heterocycles. The van der Waals surface area contributed by atoms with E-state index in [2.05, 4.69) is 22.6 Å². The number of rotatable bonds is 3. The van der Waals surface area contributed by atoms with Gasteiger partial charge in [-0.05, 0) is 31.2 Å². The van der Waals surface area contributed by atoms with Gasteiger partial charge in [0.25, 0.3) is 0 Å². The van der Waals surface area contributed by atoms with Crippen LogP contribution in [0.5, 0.6) is 0 Å². The summed E-state index contributed by atoms with van der Waals surface area (Å²) in [6.07, 6.45) is 2.78. The minimum absolute atomic E-state index is 0.866. The van der Waals surface area contributed by atoms with Crippen LogP contribution >= 0.6 is 24.0 Å². The van der Waals surface area contributed by atoms with E-state index in [-0.39, 0.29) is 0 Å². The van der Waals surface area contributed by atoms with Crippen molar-refractivity contribution < 1.29 is 0 Å². The summed E-state index contributed by atoms with van der Waals surface area (Å²) in [5, 5.41) is 1.00. The van der Waals surface area contributed by atoms with Crippen LogP contribution in [0.2, 0.25) is 0 Å². The van der Waals surface area contributed by atoms with Gasteiger partial charge in [-0.15, -0.1) is 11.3 Å². The molecule has 0 aliphatic carbocycles. The van der Waals surface area contributed by atoms with Crippen LogP contribution in [-0.2, 0) is 6.42 Å². The largest absolute Gasteiger partial charge is 0.254 e. The first-order valence-electron chi connectivity index (χ1n) is 4.80. The number of hydrogen-bond donors (Lipinski definition) is 1. The normalized spacial score (nSPS) is 10.5. The predicted molar refractivity (Wildman–Crippen MR) is 67.6 cm³/mol. The molecule has 0 amide bonds. The van der Waals surface area contributed by atoms with Gasteiger partial charge in [0, 0.05) is 11.1 Å². The van der Waals surface area contributed by atoms with E-state index in [1.54, 1.807) is 17.5 Å². The van der Waals surface area contributed by atoms with Gasteiger partial charge in [-0.1, -0.05) is 6.07 Å². The molecule has 0 fully saturated rings. The Morgan fingerprint density at radius 2 is 2.27 bits per heavy atom. The van der Waals surface area contributed by atoms with Gasteiger partial charge in [-0.2, -0.15) is 12.6 Å². The quantitative estimate of drug-likeness (QED) is 0.829. The van der Waals surface area contributed by atoms with E-state index in [0.29, 0.717) is 0 Å². The SMILES string of the molecule is Cc1nc(-c2ccccn2)sc1CCS. The van der Waals surface area contributed by atoms with Crippen molar-refractivity contribution in [2.45, 2.75) is 13.3 Å². The molecule has 2 nitrogen and oxygen atoms in total. The molecule has 0 N–H and O–H groups in total. The monoisotopic (exact) mass is 236 g/mol. The molecular formula is C11H12N2S2. The van der Waals surface area contributed by atoms with Crippen molar-refractivity contribution in [1.29, 1.82) is 0 Å². The van der Waals surface area contributed by atoms with Crippen molar-refractivity contribution in [3.63, 3.8) is 0 Å². The fraction of sp³-hybridized carbons (Fsp3) is 0.273. The molecule has 0 saturated carbocycles. The van der Waals surface area contributed by atoms with E-state index >= 15 is 0 Å². The van der Waals surface area contributed by atoms with E-state index in [4.69, 9.17) is 0 Å². The van der Waals surface area contributed by atoms with Gasteiger partial charge >= 0.3 is 0 Å². The fourth-order valence-corrected chi connectivity index (χ4v) is 2.77. The summed E-state index contributed by atoms with van der Waals surface area (Å²) in [4.78, 5) is 10.1. The zero-order chi connectivity index (χ0) is 10.7. The minimum atomic E-state index is 0.866. The summed E-state index contributed by atoms with van der Waals surface area (Å²) in [5.41, 5.74) is 2.06. The van der Waals surface area contributed by atoms with Gasteiger partial charge in [0.1, 0.15) is 5.01 Å². The maximum absolute atomic E-state index is 4.52. The molecule has 0 aliphatic rings. The fourth-order valence-electron chi connectivity index (χ4n) is 1.36. The standard InChI is InChI=1S/C11H12N2S2/c1-8-10(5-7-14)15-11(13-8)9-4-2-3-6-12-9/h2-4,6,14H,5,7H2,1H3. The first kappa shape index (κ1) is 10.6. The smallest absolute Gasteiger partial charge is 0.142 e. The maximum Gasteiger partial charge on any atom is 0.142 e. The second-order valence-corrected chi connectivity index (χ2v) is 4.75. The molecule has 0 unspecified atom stereocenters. The Bertz CT molecular complexity index is 437. The number of aromatic nitrogens is 2. The molecule has 2 aromatic rings. The zero-order valence-electron chi connectivity index (χ0n) is 8.47. The molecule has 0 saturated heterocycles. The Balaban J connectivity index is 2.34. The third-order valence-corrected chi connectivity index (χ3v) is 3.58. The molecule has 0 spiro atoms. The van der Waals surface area contributed by atoms with Crippen LogP contribution in [0.1, 0.15) is 10.6 Å². The van der Waals surface area contributed by atoms with Crippen LogP contribution in [0.25, 0.3) is 10.7 Å². The molecule has 0 aromatic carbocycles. The van der Waals surface area contributed by atoms with Crippen molar-refractivity contribution >= 4 is 24.0 Å². The molecule has 15 heavy (non-hydrogen) atoms. The van der Waals surface area contributed by atoms with Crippen LogP contribution in [-0.4, -0.2) is 15.7 Å². The van der Waals surface area contributed by atoms with Gasteiger partial charge in [-0.3, -0.25) is 4.98 Å². The molecule has 2 heterocycles. The highest BCUT2D eigenvalue weighted by Crippen LogP contribution is 2.26. The average molecular weight is 236 g/mol. The van der Waals surface area contributed by atoms with Crippen LogP contribution in [0.15, 0.2) is 24.4 Å². The topological polar surface area (TPSA) is 25.8 Å². The van der Waals surface area contributed by atoms with Gasteiger partial charge in [0.15, 0.2) is 0 Å². The van der Waals surface area contributed by atoms with E-state index < -0.39 is 0 Å². The van der Waals surface area contributed by atoms with E-state index in [9.17, 15) is 0 Å². The molecular weight excluding hydrogens is 224 g/mol. The van der Waals surface area contributed by atoms with Crippen molar-refractivity contribution in [2.75, 3.05) is 5.75 Å². The molecule has 78 valence electrons. The predicted octanol–water partition coefficient (Wildman–Crippen LogP) is 2.99. The Morgan fingerprint density at radius 3 is 2.93 bits per heavy atom. The lowest BCUT2D eigenvalue weighted by molar-refractivity contribution is 1.13. The second-order valence-electron chi connectivity index (χ2n) is 3.22. The van der Waals surface area contributed by atoms with E-state index in [0.717, 1.165) is 28.6 Å². The summed E-state index contributed by atoms with van der Waals surface area (Å²) in [7, 11) is 0. The first-order valence-corrected chi connectivity index (χ1v) is 6.24. The summed E-state index contributed by atoms with van der Waals surface area (Å²) in [6.45, 7) is 2.04. The summed E-state index contributed by atoms with van der Waals surface area (Å²) in [5.74, 6) is 0.866. The Hall–Kier alpha value is -0.870. The maximum atomic E-state index is 4.52. The number of aryl methyl sites for hydroxylation is 2. The number of nitrogens with zero attached hydrogens (tertiary/aromatic N) is 2. The first-order chi connectivity index (χ1) is 7.31. The van der Waals surface area contributed by atoms with E-state index in [1.165, 1.54) is 4.88 Å². The lowest BCUT2D eigenvalue weighted by Gasteiger charge is -1.92. The third-order valence-electron chi connectivity index (χ3n) is 2.12. The van der Waals surface area contributed by atoms with Crippen molar-refractivity contribution in [3.8, 4) is 10.7 Å². The van der Waals surface area contributed by atoms with Gasteiger partial charge in [0.2, 0.25) is 0 Å². The molecule has 0 radical (unpaired) electrons. The molecule has 0 atom stereocenters. The lowest BCUT2D eigenvalue weighted by atomic mass is 10.3. The van der Waals surface area contributed by atoms with Gasteiger partial charge < -0.3 is 0 Å². The van der Waals surface area contributed by atoms with Crippen molar-refractivity contribution in [1.82, 2.24) is 9.97 Å². The third kappa shape index (κ3) is 2.38. The number of thiol groups is 1. The van der Waals surface area contributed by atoms with Crippen LogP contribution in [0, 0.1) is 6.92 Å². The lowest BCUT2D eigenvalue weighted by Crippen LogP contribution is -1.84. The minimum Gasteiger partial charge on any atom is -0.254 e. The molecule has 4 heteroatoms. The van der Waals surface area contributed by atoms with Gasteiger partial charge in [0.05, 0.1) is 11.4 Å². The molecule has 0 bridgehead atoms.